The molecule has 1 saturated heterocycles. The van der Waals surface area contributed by atoms with Crippen molar-refractivity contribution < 1.29 is 19.1 Å². The number of rotatable bonds is 7. The van der Waals surface area contributed by atoms with Crippen LogP contribution in [0.15, 0.2) is 63.3 Å². The van der Waals surface area contributed by atoms with Crippen molar-refractivity contribution in [3.05, 3.63) is 84.9 Å². The average Bonchev–Trinajstić information content (AvgIpc) is 3.47. The summed E-state index contributed by atoms with van der Waals surface area (Å²) in [5.41, 5.74) is 6.19. The van der Waals surface area contributed by atoms with E-state index in [4.69, 9.17) is 17.0 Å². The number of nitrogens with zero attached hydrogens (tertiary/aromatic N) is 1. The number of thiocarbonyl (C=S) groups is 1. The molecule has 7 nitrogen and oxygen atoms in total. The summed E-state index contributed by atoms with van der Waals surface area (Å²) in [7, 11) is 0. The number of halogens is 1. The zero-order chi connectivity index (χ0) is 25.8. The minimum absolute atomic E-state index is 0.151. The Balaban J connectivity index is 1.33. The van der Waals surface area contributed by atoms with Crippen molar-refractivity contribution in [1.82, 2.24) is 10.4 Å². The van der Waals surface area contributed by atoms with Gasteiger partial charge in [-0.05, 0) is 100 Å². The van der Waals surface area contributed by atoms with Crippen LogP contribution in [0.3, 0.4) is 0 Å². The molecule has 2 aromatic carbocycles. The summed E-state index contributed by atoms with van der Waals surface area (Å²) in [6, 6.07) is 14.2. The number of benzene rings is 2. The molecular formula is C25H20BrN3O4S3. The van der Waals surface area contributed by atoms with E-state index in [1.807, 2.05) is 26.0 Å². The van der Waals surface area contributed by atoms with Gasteiger partial charge in [0.2, 0.25) is 0 Å². The molecule has 0 unspecified atom stereocenters. The Morgan fingerprint density at radius 2 is 1.86 bits per heavy atom. The van der Waals surface area contributed by atoms with E-state index in [2.05, 4.69) is 26.7 Å². The molecule has 0 atom stereocenters. The van der Waals surface area contributed by atoms with Gasteiger partial charge in [-0.15, -0.1) is 11.3 Å². The summed E-state index contributed by atoms with van der Waals surface area (Å²) in [4.78, 5) is 38.2. The van der Waals surface area contributed by atoms with Gasteiger partial charge in [0.05, 0.1) is 15.5 Å². The first kappa shape index (κ1) is 26.1. The SMILES string of the molecule is Cc1cc(Br)c(NC(=O)COc2ccc(/C=C3/SC(=S)N(NC(=O)c4cccs4)C3=O)cc2)cc1C. The van der Waals surface area contributed by atoms with Crippen molar-refractivity contribution in [2.24, 2.45) is 0 Å². The predicted octanol–water partition coefficient (Wildman–Crippen LogP) is 5.69. The highest BCUT2D eigenvalue weighted by Crippen LogP contribution is 2.32. The van der Waals surface area contributed by atoms with Gasteiger partial charge >= 0.3 is 0 Å². The number of aryl methyl sites for hydroxylation is 2. The van der Waals surface area contributed by atoms with Crippen LogP contribution < -0.4 is 15.5 Å². The van der Waals surface area contributed by atoms with Crippen LogP contribution in [0, 0.1) is 13.8 Å². The fourth-order valence-corrected chi connectivity index (χ4v) is 5.50. The molecule has 0 radical (unpaired) electrons. The molecule has 11 heteroatoms. The lowest BCUT2D eigenvalue weighted by Gasteiger charge is -2.14. The number of hydrazine groups is 1. The Hall–Kier alpha value is -2.99. The number of thioether (sulfide) groups is 1. The fraction of sp³-hybridized carbons (Fsp3) is 0.120. The molecule has 1 aliphatic heterocycles. The number of anilines is 1. The molecule has 36 heavy (non-hydrogen) atoms. The second-order valence-corrected chi connectivity index (χ2v) is 11.2. The van der Waals surface area contributed by atoms with Gasteiger partial charge in [0.25, 0.3) is 17.7 Å². The van der Waals surface area contributed by atoms with Crippen LogP contribution in [0.1, 0.15) is 26.4 Å². The molecule has 0 aliphatic carbocycles. The molecule has 2 heterocycles. The van der Waals surface area contributed by atoms with E-state index in [1.54, 1.807) is 47.9 Å². The van der Waals surface area contributed by atoms with Gasteiger partial charge in [-0.3, -0.25) is 19.8 Å². The van der Waals surface area contributed by atoms with E-state index < -0.39 is 11.8 Å². The molecule has 0 saturated carbocycles. The Morgan fingerprint density at radius 3 is 2.56 bits per heavy atom. The van der Waals surface area contributed by atoms with Crippen LogP contribution in [0.4, 0.5) is 5.69 Å². The third-order valence-corrected chi connectivity index (χ3v) is 7.98. The number of carbonyl (C=O) groups excluding carboxylic acids is 3. The monoisotopic (exact) mass is 601 g/mol. The Bertz CT molecular complexity index is 1370. The average molecular weight is 603 g/mol. The van der Waals surface area contributed by atoms with Crippen LogP contribution >= 0.6 is 51.2 Å². The lowest BCUT2D eigenvalue weighted by atomic mass is 10.1. The summed E-state index contributed by atoms with van der Waals surface area (Å²) in [5, 5.41) is 5.70. The molecule has 3 amide bonds. The van der Waals surface area contributed by atoms with Crippen LogP contribution in [0.5, 0.6) is 5.75 Å². The highest BCUT2D eigenvalue weighted by atomic mass is 79.9. The lowest BCUT2D eigenvalue weighted by molar-refractivity contribution is -0.123. The summed E-state index contributed by atoms with van der Waals surface area (Å²) < 4.78 is 6.65. The van der Waals surface area contributed by atoms with Gasteiger partial charge in [-0.2, -0.15) is 5.01 Å². The number of thiophene rings is 1. The fourth-order valence-electron chi connectivity index (χ4n) is 3.15. The van der Waals surface area contributed by atoms with Crippen molar-refractivity contribution in [1.29, 1.82) is 0 Å². The molecule has 3 aromatic rings. The third kappa shape index (κ3) is 6.22. The quantitative estimate of drug-likeness (QED) is 0.267. The summed E-state index contributed by atoms with van der Waals surface area (Å²) in [6.45, 7) is 3.83. The summed E-state index contributed by atoms with van der Waals surface area (Å²) in [5.74, 6) is -0.559. The predicted molar refractivity (Wildman–Crippen MR) is 151 cm³/mol. The third-order valence-electron chi connectivity index (χ3n) is 5.16. The largest absolute Gasteiger partial charge is 0.484 e. The molecule has 2 N–H and O–H groups in total. The normalized spacial score (nSPS) is 14.3. The maximum absolute atomic E-state index is 12.7. The zero-order valence-electron chi connectivity index (χ0n) is 19.2. The first-order valence-corrected chi connectivity index (χ1v) is 13.5. The van der Waals surface area contributed by atoms with Crippen LogP contribution in [-0.2, 0) is 9.59 Å². The minimum atomic E-state index is -0.399. The van der Waals surface area contributed by atoms with Gasteiger partial charge < -0.3 is 10.1 Å². The van der Waals surface area contributed by atoms with Crippen molar-refractivity contribution >= 4 is 85.1 Å². The molecule has 0 bridgehead atoms. The number of hydrogen-bond acceptors (Lipinski definition) is 7. The number of ether oxygens (including phenoxy) is 1. The van der Waals surface area contributed by atoms with Gasteiger partial charge in [0.1, 0.15) is 5.75 Å². The Morgan fingerprint density at radius 1 is 1.14 bits per heavy atom. The van der Waals surface area contributed by atoms with E-state index >= 15 is 0 Å². The number of carbonyl (C=O) groups is 3. The molecular weight excluding hydrogens is 582 g/mol. The van der Waals surface area contributed by atoms with Gasteiger partial charge in [0.15, 0.2) is 10.9 Å². The standard InChI is InChI=1S/C25H20BrN3O4S3/c1-14-10-18(26)19(11-15(14)2)27-22(30)13-33-17-7-5-16(6-8-17)12-21-24(32)29(25(34)36-21)28-23(31)20-4-3-9-35-20/h3-12H,13H2,1-2H3,(H,27,30)(H,28,31)/b21-12+. The van der Waals surface area contributed by atoms with E-state index in [1.165, 1.54) is 11.3 Å². The van der Waals surface area contributed by atoms with Crippen molar-refractivity contribution in [3.8, 4) is 5.75 Å². The molecule has 4 rings (SSSR count). The van der Waals surface area contributed by atoms with E-state index in [-0.39, 0.29) is 16.8 Å². The number of hydrogen-bond donors (Lipinski definition) is 2. The van der Waals surface area contributed by atoms with Crippen LogP contribution in [-0.4, -0.2) is 33.7 Å². The van der Waals surface area contributed by atoms with Crippen molar-refractivity contribution in [2.75, 3.05) is 11.9 Å². The second-order valence-electron chi connectivity index (χ2n) is 7.76. The number of amides is 3. The first-order valence-electron chi connectivity index (χ1n) is 10.6. The molecule has 1 fully saturated rings. The summed E-state index contributed by atoms with van der Waals surface area (Å²) >= 11 is 11.1. The molecule has 1 aliphatic rings. The van der Waals surface area contributed by atoms with Gasteiger partial charge in [-0.1, -0.05) is 30.0 Å². The van der Waals surface area contributed by atoms with Crippen LogP contribution in [0.2, 0.25) is 0 Å². The maximum atomic E-state index is 12.7. The van der Waals surface area contributed by atoms with Gasteiger partial charge in [-0.25, -0.2) is 0 Å². The zero-order valence-corrected chi connectivity index (χ0v) is 23.2. The van der Waals surface area contributed by atoms with Crippen LogP contribution in [0.25, 0.3) is 6.08 Å². The number of nitrogens with one attached hydrogen (secondary N) is 2. The van der Waals surface area contributed by atoms with Crippen molar-refractivity contribution in [3.63, 3.8) is 0 Å². The molecule has 184 valence electrons. The highest BCUT2D eigenvalue weighted by molar-refractivity contribution is 9.10. The highest BCUT2D eigenvalue weighted by Gasteiger charge is 2.33. The topological polar surface area (TPSA) is 87.7 Å². The maximum Gasteiger partial charge on any atom is 0.285 e. The summed E-state index contributed by atoms with van der Waals surface area (Å²) in [6.07, 6.45) is 1.68. The second kappa shape index (κ2) is 11.4. The van der Waals surface area contributed by atoms with Crippen molar-refractivity contribution in [2.45, 2.75) is 13.8 Å². The minimum Gasteiger partial charge on any atom is -0.484 e. The smallest absolute Gasteiger partial charge is 0.285 e. The van der Waals surface area contributed by atoms with Gasteiger partial charge in [0, 0.05) is 4.47 Å². The first-order chi connectivity index (χ1) is 17.2. The van der Waals surface area contributed by atoms with E-state index in [0.717, 1.165) is 37.9 Å². The molecule has 0 spiro atoms. The van der Waals surface area contributed by atoms with E-state index in [0.29, 0.717) is 21.2 Å². The van der Waals surface area contributed by atoms with E-state index in [9.17, 15) is 14.4 Å². The Kier molecular flexibility index (Phi) is 8.24. The molecule has 1 aromatic heterocycles. The lowest BCUT2D eigenvalue weighted by Crippen LogP contribution is -2.44. The Labute approximate surface area is 230 Å².